The lowest BCUT2D eigenvalue weighted by Gasteiger charge is -2.05. The van der Waals surface area contributed by atoms with Crippen molar-refractivity contribution in [1.82, 2.24) is 0 Å². The van der Waals surface area contributed by atoms with Crippen molar-refractivity contribution in [3.8, 4) is 17.2 Å². The largest absolute Gasteiger partial charge is 0.238 e. The molecule has 1 aliphatic rings. The van der Waals surface area contributed by atoms with Crippen LogP contribution in [0.15, 0.2) is 36.4 Å². The van der Waals surface area contributed by atoms with Gasteiger partial charge in [0, 0.05) is 0 Å². The molecule has 0 saturated carbocycles. The summed E-state index contributed by atoms with van der Waals surface area (Å²) in [5.41, 5.74) is 5.51. The normalized spacial score (nSPS) is 11.2. The predicted octanol–water partition coefficient (Wildman–Crippen LogP) is 3.68. The van der Waals surface area contributed by atoms with Gasteiger partial charge in [0.1, 0.15) is 0 Å². The van der Waals surface area contributed by atoms with Gasteiger partial charge in [-0.05, 0) is 34.7 Å². The Bertz CT molecular complexity index is 638. The van der Waals surface area contributed by atoms with Gasteiger partial charge in [-0.1, -0.05) is 30.3 Å². The van der Waals surface area contributed by atoms with Crippen molar-refractivity contribution >= 4 is 5.69 Å². The first-order chi connectivity index (χ1) is 8.35. The van der Waals surface area contributed by atoms with Crippen molar-refractivity contribution < 1.29 is 0 Å². The quantitative estimate of drug-likeness (QED) is 0.527. The summed E-state index contributed by atoms with van der Waals surface area (Å²) in [5, 5.41) is 9.16. The zero-order valence-corrected chi connectivity index (χ0v) is 9.07. The molecule has 0 saturated heterocycles. The van der Waals surface area contributed by atoms with Crippen LogP contribution < -0.4 is 0 Å². The number of hydrogen-bond acceptors (Lipinski definition) is 1. The van der Waals surface area contributed by atoms with Gasteiger partial charge in [-0.2, -0.15) is 5.26 Å². The van der Waals surface area contributed by atoms with Gasteiger partial charge in [0.25, 0.3) is 0 Å². The average molecular weight is 216 g/mol. The first kappa shape index (κ1) is 9.63. The van der Waals surface area contributed by atoms with Gasteiger partial charge in [-0.3, -0.25) is 0 Å². The maximum absolute atomic E-state index is 9.16. The fraction of sp³-hybridized carbons (Fsp3) is 0.0667. The molecule has 17 heavy (non-hydrogen) atoms. The fourth-order valence-corrected chi connectivity index (χ4v) is 2.46. The van der Waals surface area contributed by atoms with Crippen molar-refractivity contribution in [1.29, 1.82) is 5.26 Å². The summed E-state index contributed by atoms with van der Waals surface area (Å²) in [6.45, 7) is 7.22. The van der Waals surface area contributed by atoms with Crippen LogP contribution in [0.5, 0.6) is 0 Å². The highest BCUT2D eigenvalue weighted by Crippen LogP contribution is 2.44. The van der Waals surface area contributed by atoms with E-state index >= 15 is 0 Å². The summed E-state index contributed by atoms with van der Waals surface area (Å²) >= 11 is 0. The van der Waals surface area contributed by atoms with Gasteiger partial charge in [0.15, 0.2) is 5.69 Å². The number of fused-ring (bicyclic) bond motifs is 3. The van der Waals surface area contributed by atoms with Crippen LogP contribution in [0.2, 0.25) is 0 Å². The third-order valence-corrected chi connectivity index (χ3v) is 3.15. The van der Waals surface area contributed by atoms with E-state index in [1.165, 1.54) is 0 Å². The SMILES string of the molecule is [C-]#[N+]c1cccc2c1-c1c(C#N)cccc1C2. The Morgan fingerprint density at radius 3 is 2.47 bits per heavy atom. The Labute approximate surface area is 99.6 Å². The molecule has 0 N–H and O–H groups in total. The van der Waals surface area contributed by atoms with Crippen LogP contribution in [0.3, 0.4) is 0 Å². The van der Waals surface area contributed by atoms with E-state index in [2.05, 4.69) is 10.9 Å². The molecule has 0 heterocycles. The molecule has 2 aromatic carbocycles. The van der Waals surface area contributed by atoms with E-state index in [-0.39, 0.29) is 0 Å². The maximum atomic E-state index is 9.16. The van der Waals surface area contributed by atoms with Gasteiger partial charge in [-0.25, -0.2) is 4.85 Å². The summed E-state index contributed by atoms with van der Waals surface area (Å²) in [7, 11) is 0. The molecule has 78 valence electrons. The monoisotopic (exact) mass is 216 g/mol. The van der Waals surface area contributed by atoms with Crippen LogP contribution >= 0.6 is 0 Å². The van der Waals surface area contributed by atoms with Gasteiger partial charge in [-0.15, -0.1) is 0 Å². The van der Waals surface area contributed by atoms with Crippen molar-refractivity contribution in [2.75, 3.05) is 0 Å². The average Bonchev–Trinajstić information content (AvgIpc) is 2.76. The molecule has 0 unspecified atom stereocenters. The minimum absolute atomic E-state index is 0.643. The minimum atomic E-state index is 0.643. The molecule has 0 aliphatic heterocycles. The van der Waals surface area contributed by atoms with Crippen molar-refractivity contribution in [3.63, 3.8) is 0 Å². The van der Waals surface area contributed by atoms with Crippen LogP contribution in [0.4, 0.5) is 5.69 Å². The molecule has 0 atom stereocenters. The van der Waals surface area contributed by atoms with Gasteiger partial charge < -0.3 is 0 Å². The first-order valence-corrected chi connectivity index (χ1v) is 5.37. The van der Waals surface area contributed by atoms with Crippen molar-refractivity contribution in [2.24, 2.45) is 0 Å². The van der Waals surface area contributed by atoms with E-state index < -0.39 is 0 Å². The van der Waals surface area contributed by atoms with Crippen LogP contribution in [0.25, 0.3) is 16.0 Å². The van der Waals surface area contributed by atoms with E-state index in [1.807, 2.05) is 36.4 Å². The third kappa shape index (κ3) is 1.25. The Kier molecular flexibility index (Phi) is 1.97. The third-order valence-electron chi connectivity index (χ3n) is 3.15. The lowest BCUT2D eigenvalue weighted by molar-refractivity contribution is 1.26. The standard InChI is InChI=1S/C15H8N2/c1-17-13-7-3-5-11-8-10-4-2-6-12(9-16)14(10)15(11)13/h2-7H,8H2. The summed E-state index contributed by atoms with van der Waals surface area (Å²) in [4.78, 5) is 3.56. The number of benzene rings is 2. The van der Waals surface area contributed by atoms with Gasteiger partial charge >= 0.3 is 0 Å². The molecular weight excluding hydrogens is 208 g/mol. The molecule has 3 rings (SSSR count). The second-order valence-corrected chi connectivity index (χ2v) is 4.05. The summed E-state index contributed by atoms with van der Waals surface area (Å²) in [5.74, 6) is 0. The molecule has 0 amide bonds. The second kappa shape index (κ2) is 3.47. The van der Waals surface area contributed by atoms with Crippen LogP contribution in [0.1, 0.15) is 16.7 Å². The lowest BCUT2D eigenvalue weighted by Crippen LogP contribution is -1.84. The Balaban J connectivity index is 2.41. The Morgan fingerprint density at radius 1 is 1.06 bits per heavy atom. The zero-order chi connectivity index (χ0) is 11.8. The fourth-order valence-electron chi connectivity index (χ4n) is 2.46. The molecule has 0 bridgehead atoms. The Morgan fingerprint density at radius 2 is 1.76 bits per heavy atom. The maximum Gasteiger partial charge on any atom is 0.195 e. The smallest absolute Gasteiger partial charge is 0.195 e. The predicted molar refractivity (Wildman–Crippen MR) is 65.7 cm³/mol. The number of hydrogen-bond donors (Lipinski definition) is 0. The summed E-state index contributed by atoms with van der Waals surface area (Å²) in [6.07, 6.45) is 0.823. The van der Waals surface area contributed by atoms with E-state index in [1.54, 1.807) is 0 Å². The van der Waals surface area contributed by atoms with Crippen molar-refractivity contribution in [2.45, 2.75) is 6.42 Å². The zero-order valence-electron chi connectivity index (χ0n) is 9.07. The van der Waals surface area contributed by atoms with Crippen molar-refractivity contribution in [3.05, 3.63) is 64.5 Å². The molecule has 0 spiro atoms. The first-order valence-electron chi connectivity index (χ1n) is 5.37. The minimum Gasteiger partial charge on any atom is -0.238 e. The van der Waals surface area contributed by atoms with Crippen LogP contribution in [0, 0.1) is 17.9 Å². The van der Waals surface area contributed by atoms with E-state index in [9.17, 15) is 0 Å². The highest BCUT2D eigenvalue weighted by molar-refractivity contribution is 5.90. The highest BCUT2D eigenvalue weighted by atomic mass is 14.7. The molecule has 2 nitrogen and oxygen atoms in total. The molecule has 2 heteroatoms. The highest BCUT2D eigenvalue weighted by Gasteiger charge is 2.23. The molecule has 0 aromatic heterocycles. The number of nitriles is 1. The number of nitrogens with zero attached hydrogens (tertiary/aromatic N) is 2. The Hall–Kier alpha value is -2.58. The van der Waals surface area contributed by atoms with Gasteiger partial charge in [0.2, 0.25) is 0 Å². The summed E-state index contributed by atoms with van der Waals surface area (Å²) in [6, 6.07) is 13.7. The molecule has 0 fully saturated rings. The number of rotatable bonds is 0. The second-order valence-electron chi connectivity index (χ2n) is 4.05. The van der Waals surface area contributed by atoms with Crippen LogP contribution in [-0.4, -0.2) is 0 Å². The topological polar surface area (TPSA) is 28.1 Å². The van der Waals surface area contributed by atoms with E-state index in [4.69, 9.17) is 11.8 Å². The lowest BCUT2D eigenvalue weighted by atomic mass is 9.99. The molecular formula is C15H8N2. The molecule has 0 radical (unpaired) electrons. The summed E-state index contributed by atoms with van der Waals surface area (Å²) < 4.78 is 0. The molecule has 1 aliphatic carbocycles. The van der Waals surface area contributed by atoms with E-state index in [0.717, 1.165) is 28.7 Å². The van der Waals surface area contributed by atoms with Crippen LogP contribution in [-0.2, 0) is 6.42 Å². The van der Waals surface area contributed by atoms with E-state index in [0.29, 0.717) is 11.3 Å². The molecule has 2 aromatic rings. The van der Waals surface area contributed by atoms with Gasteiger partial charge in [0.05, 0.1) is 18.2 Å².